The van der Waals surface area contributed by atoms with E-state index in [-0.39, 0.29) is 17.0 Å². The molecule has 0 fully saturated rings. The molecule has 0 aliphatic heterocycles. The molecular weight excluding hydrogens is 202 g/mol. The van der Waals surface area contributed by atoms with Crippen molar-refractivity contribution in [1.82, 2.24) is 0 Å². The van der Waals surface area contributed by atoms with Crippen LogP contribution in [0.2, 0.25) is 0 Å². The van der Waals surface area contributed by atoms with Crippen LogP contribution in [-0.4, -0.2) is 31.1 Å². The molecule has 4 heteroatoms. The molecule has 0 saturated carbocycles. The van der Waals surface area contributed by atoms with E-state index >= 15 is 0 Å². The van der Waals surface area contributed by atoms with Gasteiger partial charge in [0.25, 0.3) is 5.91 Å². The second-order valence-electron chi connectivity index (χ2n) is 4.75. The van der Waals surface area contributed by atoms with Gasteiger partial charge in [-0.2, -0.15) is 5.84 Å². The van der Waals surface area contributed by atoms with Crippen molar-refractivity contribution >= 4 is 11.6 Å². The lowest BCUT2D eigenvalue weighted by atomic mass is 10.1. The van der Waals surface area contributed by atoms with Gasteiger partial charge in [0.15, 0.2) is 6.54 Å². The molecule has 0 unspecified atom stereocenters. The maximum atomic E-state index is 11.7. The SMILES string of the molecule is Cc1cccc(C)c1NC(=O)C[N+](C)(C)N. The minimum atomic E-state index is -0.0649. The van der Waals surface area contributed by atoms with Crippen molar-refractivity contribution in [3.05, 3.63) is 29.3 Å². The Morgan fingerprint density at radius 1 is 1.31 bits per heavy atom. The average molecular weight is 222 g/mol. The van der Waals surface area contributed by atoms with Gasteiger partial charge in [0.05, 0.1) is 14.1 Å². The smallest absolute Gasteiger partial charge is 0.281 e. The van der Waals surface area contributed by atoms with Gasteiger partial charge in [-0.1, -0.05) is 18.2 Å². The number of carbonyl (C=O) groups excluding carboxylic acids is 1. The Balaban J connectivity index is 2.78. The van der Waals surface area contributed by atoms with E-state index in [4.69, 9.17) is 5.84 Å². The zero-order valence-electron chi connectivity index (χ0n) is 10.4. The van der Waals surface area contributed by atoms with E-state index in [1.54, 1.807) is 14.1 Å². The fourth-order valence-corrected chi connectivity index (χ4v) is 1.56. The van der Waals surface area contributed by atoms with Gasteiger partial charge < -0.3 is 5.32 Å². The number of carbonyl (C=O) groups is 1. The summed E-state index contributed by atoms with van der Waals surface area (Å²) in [6, 6.07) is 5.93. The number of amides is 1. The van der Waals surface area contributed by atoms with Gasteiger partial charge in [-0.05, 0) is 25.0 Å². The van der Waals surface area contributed by atoms with E-state index in [0.29, 0.717) is 0 Å². The third-order valence-electron chi connectivity index (χ3n) is 2.30. The summed E-state index contributed by atoms with van der Waals surface area (Å²) in [5.74, 6) is 5.68. The minimum absolute atomic E-state index is 0.0649. The molecule has 3 N–H and O–H groups in total. The second kappa shape index (κ2) is 4.63. The van der Waals surface area contributed by atoms with E-state index in [1.807, 2.05) is 32.0 Å². The van der Waals surface area contributed by atoms with Gasteiger partial charge in [0.1, 0.15) is 0 Å². The predicted molar refractivity (Wildman–Crippen MR) is 65.7 cm³/mol. The van der Waals surface area contributed by atoms with Crippen molar-refractivity contribution in [2.75, 3.05) is 26.0 Å². The van der Waals surface area contributed by atoms with Crippen molar-refractivity contribution < 1.29 is 9.39 Å². The topological polar surface area (TPSA) is 55.1 Å². The van der Waals surface area contributed by atoms with E-state index < -0.39 is 0 Å². The molecule has 1 rings (SSSR count). The molecule has 0 aromatic heterocycles. The summed E-state index contributed by atoms with van der Waals surface area (Å²) in [6.45, 7) is 4.21. The highest BCUT2D eigenvalue weighted by molar-refractivity contribution is 5.93. The minimum Gasteiger partial charge on any atom is -0.321 e. The molecule has 0 atom stereocenters. The highest BCUT2D eigenvalue weighted by atomic mass is 16.2. The lowest BCUT2D eigenvalue weighted by molar-refractivity contribution is -0.894. The van der Waals surface area contributed by atoms with E-state index in [2.05, 4.69) is 5.32 Å². The molecule has 0 saturated heterocycles. The first-order valence-electron chi connectivity index (χ1n) is 5.27. The van der Waals surface area contributed by atoms with Crippen molar-refractivity contribution in [2.45, 2.75) is 13.8 Å². The number of hydrogen-bond acceptors (Lipinski definition) is 2. The molecule has 4 nitrogen and oxygen atoms in total. The standard InChI is InChI=1S/C12H19N3O/c1-9-6-5-7-10(2)12(9)14-11(16)8-15(3,4)13/h5-7H,8,13H2,1-4H3/p+1. The quantitative estimate of drug-likeness (QED) is 0.458. The number of benzene rings is 1. The maximum Gasteiger partial charge on any atom is 0.281 e. The number of likely N-dealkylation sites (N-methyl/N-ethyl adjacent to an activating group) is 1. The van der Waals surface area contributed by atoms with Gasteiger partial charge in [-0.25, -0.2) is 4.59 Å². The van der Waals surface area contributed by atoms with Gasteiger partial charge in [-0.3, -0.25) is 4.79 Å². The summed E-state index contributed by atoms with van der Waals surface area (Å²) >= 11 is 0. The highest BCUT2D eigenvalue weighted by Crippen LogP contribution is 2.19. The van der Waals surface area contributed by atoms with Crippen LogP contribution >= 0.6 is 0 Å². The number of hydrogen-bond donors (Lipinski definition) is 2. The van der Waals surface area contributed by atoms with Gasteiger partial charge in [-0.15, -0.1) is 0 Å². The zero-order valence-corrected chi connectivity index (χ0v) is 10.4. The number of quaternary nitrogens is 1. The first-order valence-corrected chi connectivity index (χ1v) is 5.27. The van der Waals surface area contributed by atoms with Crippen LogP contribution in [0, 0.1) is 13.8 Å². The molecule has 0 spiro atoms. The lowest BCUT2D eigenvalue weighted by Gasteiger charge is -2.22. The molecule has 0 aliphatic carbocycles. The molecule has 1 aromatic carbocycles. The molecule has 0 bridgehead atoms. The van der Waals surface area contributed by atoms with Crippen LogP contribution < -0.4 is 11.2 Å². The highest BCUT2D eigenvalue weighted by Gasteiger charge is 2.16. The molecular formula is C12H20N3O+. The molecule has 0 aliphatic rings. The van der Waals surface area contributed by atoms with Crippen molar-refractivity contribution in [3.8, 4) is 0 Å². The average Bonchev–Trinajstić information content (AvgIpc) is 2.08. The number of nitrogens with zero attached hydrogens (tertiary/aromatic N) is 1. The summed E-state index contributed by atoms with van der Waals surface area (Å²) in [7, 11) is 3.56. The number of aryl methyl sites for hydroxylation is 2. The number of anilines is 1. The normalized spacial score (nSPS) is 11.3. The fourth-order valence-electron chi connectivity index (χ4n) is 1.56. The van der Waals surface area contributed by atoms with Crippen LogP contribution in [0.3, 0.4) is 0 Å². The van der Waals surface area contributed by atoms with Crippen LogP contribution in [0.5, 0.6) is 0 Å². The Morgan fingerprint density at radius 2 is 1.81 bits per heavy atom. The lowest BCUT2D eigenvalue weighted by Crippen LogP contribution is -2.51. The number of nitrogens with one attached hydrogen (secondary N) is 1. The first kappa shape index (κ1) is 12.7. The van der Waals surface area contributed by atoms with Crippen molar-refractivity contribution in [2.24, 2.45) is 5.84 Å². The van der Waals surface area contributed by atoms with Crippen molar-refractivity contribution in [1.29, 1.82) is 0 Å². The van der Waals surface area contributed by atoms with Crippen LogP contribution in [0.25, 0.3) is 0 Å². The van der Waals surface area contributed by atoms with Crippen LogP contribution in [0.1, 0.15) is 11.1 Å². The fraction of sp³-hybridized carbons (Fsp3) is 0.417. The Kier molecular flexibility index (Phi) is 3.67. The third-order valence-corrected chi connectivity index (χ3v) is 2.30. The molecule has 1 amide bonds. The van der Waals surface area contributed by atoms with Crippen LogP contribution in [0.4, 0.5) is 5.69 Å². The Labute approximate surface area is 96.6 Å². The summed E-state index contributed by atoms with van der Waals surface area (Å²) in [5.41, 5.74) is 3.02. The molecule has 0 heterocycles. The summed E-state index contributed by atoms with van der Waals surface area (Å²) in [4.78, 5) is 11.7. The monoisotopic (exact) mass is 222 g/mol. The first-order chi connectivity index (χ1) is 7.29. The molecule has 0 radical (unpaired) electrons. The largest absolute Gasteiger partial charge is 0.321 e. The van der Waals surface area contributed by atoms with Gasteiger partial charge in [0.2, 0.25) is 0 Å². The predicted octanol–water partition coefficient (Wildman–Crippen LogP) is 1.19. The van der Waals surface area contributed by atoms with E-state index in [0.717, 1.165) is 16.8 Å². The molecule has 16 heavy (non-hydrogen) atoms. The van der Waals surface area contributed by atoms with Crippen molar-refractivity contribution in [3.63, 3.8) is 0 Å². The maximum absolute atomic E-state index is 11.7. The summed E-state index contributed by atoms with van der Waals surface area (Å²) in [6.07, 6.45) is 0. The zero-order chi connectivity index (χ0) is 12.3. The summed E-state index contributed by atoms with van der Waals surface area (Å²) < 4.78 is 0.136. The summed E-state index contributed by atoms with van der Waals surface area (Å²) in [5, 5.41) is 2.90. The Bertz CT molecular complexity index is 373. The number of para-hydroxylation sites is 1. The van der Waals surface area contributed by atoms with E-state index in [1.165, 1.54) is 0 Å². The third kappa shape index (κ3) is 3.64. The van der Waals surface area contributed by atoms with Gasteiger partial charge in [0, 0.05) is 5.69 Å². The van der Waals surface area contributed by atoms with Crippen LogP contribution in [0.15, 0.2) is 18.2 Å². The number of rotatable bonds is 3. The molecule has 88 valence electrons. The molecule has 1 aromatic rings. The van der Waals surface area contributed by atoms with Crippen LogP contribution in [-0.2, 0) is 4.79 Å². The van der Waals surface area contributed by atoms with Gasteiger partial charge >= 0.3 is 0 Å². The Morgan fingerprint density at radius 3 is 2.25 bits per heavy atom. The Hall–Kier alpha value is -1.39. The second-order valence-corrected chi connectivity index (χ2v) is 4.75. The van der Waals surface area contributed by atoms with E-state index in [9.17, 15) is 4.79 Å². The number of nitrogens with two attached hydrogens (primary N) is 1.